The van der Waals surface area contributed by atoms with E-state index in [-0.39, 0.29) is 11.5 Å². The van der Waals surface area contributed by atoms with E-state index in [1.165, 1.54) is 24.2 Å². The molecule has 2 heterocycles. The number of hydrogen-bond acceptors (Lipinski definition) is 8. The van der Waals surface area contributed by atoms with Gasteiger partial charge in [0, 0.05) is 26.7 Å². The van der Waals surface area contributed by atoms with Crippen LogP contribution in [-0.2, 0) is 10.9 Å². The van der Waals surface area contributed by atoms with E-state index in [0.29, 0.717) is 33.8 Å². The maximum atomic E-state index is 13.5. The number of ether oxygens (including phenoxy) is 1. The van der Waals surface area contributed by atoms with Gasteiger partial charge >= 0.3 is 12.3 Å². The number of amides is 2. The predicted octanol–water partition coefficient (Wildman–Crippen LogP) is 9.90. The van der Waals surface area contributed by atoms with Crippen molar-refractivity contribution >= 4 is 52.0 Å². The van der Waals surface area contributed by atoms with Gasteiger partial charge in [-0.2, -0.15) is 13.2 Å². The number of anilines is 3. The standard InChI is InChI=1S/C37H37F3N6O3S/c1-21(2)29-16-15-28-32(45-29)41-20-42-33(28)46-30-19-24(34(47)43-22(3)23-8-7-9-25(18-23)37(38,39)40)10-17-31(30)50-27-13-11-26(12-14-27)44-35(48)49-36(4,5)6/h7-22H,1-6H3,(H,43,47)(H,44,48)(H,41,42,45,46). The molecule has 13 heteroatoms. The van der Waals surface area contributed by atoms with E-state index in [1.807, 2.05) is 38.1 Å². The number of nitrogens with zero attached hydrogens (tertiary/aromatic N) is 3. The molecule has 0 saturated heterocycles. The van der Waals surface area contributed by atoms with Crippen molar-refractivity contribution in [3.05, 3.63) is 108 Å². The van der Waals surface area contributed by atoms with Crippen LogP contribution < -0.4 is 16.0 Å². The third-order valence-electron chi connectivity index (χ3n) is 7.39. The molecule has 0 aliphatic heterocycles. The van der Waals surface area contributed by atoms with Crippen LogP contribution >= 0.6 is 11.8 Å². The van der Waals surface area contributed by atoms with E-state index in [4.69, 9.17) is 4.74 Å². The van der Waals surface area contributed by atoms with Gasteiger partial charge in [-0.15, -0.1) is 0 Å². The highest BCUT2D eigenvalue weighted by Crippen LogP contribution is 2.37. The summed E-state index contributed by atoms with van der Waals surface area (Å²) in [6, 6.07) is 20.3. The molecule has 1 unspecified atom stereocenters. The van der Waals surface area contributed by atoms with Crippen molar-refractivity contribution in [2.24, 2.45) is 0 Å². The molecule has 2 amide bonds. The Kier molecular flexibility index (Phi) is 10.7. The molecule has 50 heavy (non-hydrogen) atoms. The SMILES string of the molecule is CC(C)c1ccc2c(Nc3cc(C(=O)NC(C)c4cccc(C(F)(F)F)c4)ccc3Sc3ccc(NC(=O)OC(C)(C)C)cc3)ncnc2n1. The molecule has 2 aromatic heterocycles. The zero-order valence-corrected chi connectivity index (χ0v) is 29.2. The van der Waals surface area contributed by atoms with Gasteiger partial charge in [0.05, 0.1) is 22.7 Å². The number of nitrogens with one attached hydrogen (secondary N) is 3. The van der Waals surface area contributed by atoms with Crippen LogP contribution in [0.15, 0.2) is 95.0 Å². The van der Waals surface area contributed by atoms with Gasteiger partial charge in [-0.25, -0.2) is 19.7 Å². The van der Waals surface area contributed by atoms with Gasteiger partial charge in [0.2, 0.25) is 0 Å². The second-order valence-corrected chi connectivity index (χ2v) is 14.0. The fourth-order valence-corrected chi connectivity index (χ4v) is 5.75. The molecule has 0 aliphatic rings. The van der Waals surface area contributed by atoms with E-state index < -0.39 is 35.4 Å². The molecular weight excluding hydrogens is 666 g/mol. The van der Waals surface area contributed by atoms with Gasteiger partial charge in [-0.3, -0.25) is 10.1 Å². The summed E-state index contributed by atoms with van der Waals surface area (Å²) >= 11 is 1.41. The lowest BCUT2D eigenvalue weighted by Gasteiger charge is -2.19. The lowest BCUT2D eigenvalue weighted by Crippen LogP contribution is -2.27. The van der Waals surface area contributed by atoms with Crippen molar-refractivity contribution in [1.29, 1.82) is 0 Å². The molecule has 5 rings (SSSR count). The van der Waals surface area contributed by atoms with Crippen molar-refractivity contribution in [2.45, 2.75) is 75.1 Å². The fraction of sp³-hybridized carbons (Fsp3) is 0.270. The Morgan fingerprint density at radius 1 is 0.880 bits per heavy atom. The number of hydrogen-bond donors (Lipinski definition) is 3. The van der Waals surface area contributed by atoms with Crippen molar-refractivity contribution in [2.75, 3.05) is 10.6 Å². The van der Waals surface area contributed by atoms with Crippen LogP contribution in [0.4, 0.5) is 35.2 Å². The van der Waals surface area contributed by atoms with E-state index in [9.17, 15) is 22.8 Å². The molecule has 260 valence electrons. The summed E-state index contributed by atoms with van der Waals surface area (Å²) < 4.78 is 45.3. The van der Waals surface area contributed by atoms with Gasteiger partial charge in [-0.05, 0) is 106 Å². The van der Waals surface area contributed by atoms with Crippen molar-refractivity contribution in [3.8, 4) is 0 Å². The number of rotatable bonds is 9. The molecule has 0 spiro atoms. The number of alkyl halides is 3. The lowest BCUT2D eigenvalue weighted by molar-refractivity contribution is -0.137. The number of halogens is 3. The summed E-state index contributed by atoms with van der Waals surface area (Å²) in [5.74, 6) is 0.211. The summed E-state index contributed by atoms with van der Waals surface area (Å²) in [6.45, 7) is 11.1. The number of benzene rings is 3. The summed E-state index contributed by atoms with van der Waals surface area (Å²) in [5, 5.41) is 9.56. The number of fused-ring (bicyclic) bond motifs is 1. The first-order valence-corrected chi connectivity index (χ1v) is 16.7. The minimum absolute atomic E-state index is 0.202. The normalized spacial score (nSPS) is 12.4. The topological polar surface area (TPSA) is 118 Å². The molecule has 9 nitrogen and oxygen atoms in total. The van der Waals surface area contributed by atoms with Gasteiger partial charge in [-0.1, -0.05) is 37.7 Å². The van der Waals surface area contributed by atoms with E-state index >= 15 is 0 Å². The monoisotopic (exact) mass is 702 g/mol. The molecule has 3 aromatic carbocycles. The van der Waals surface area contributed by atoms with Crippen LogP contribution in [0.2, 0.25) is 0 Å². The third kappa shape index (κ3) is 9.29. The van der Waals surface area contributed by atoms with E-state index in [0.717, 1.165) is 27.6 Å². The molecule has 0 aliphatic carbocycles. The molecule has 5 aromatic rings. The summed E-state index contributed by atoms with van der Waals surface area (Å²) in [6.07, 6.45) is -3.65. The van der Waals surface area contributed by atoms with Gasteiger partial charge in [0.15, 0.2) is 5.65 Å². The Hall–Kier alpha value is -5.17. The highest BCUT2D eigenvalue weighted by Gasteiger charge is 2.31. The molecule has 3 N–H and O–H groups in total. The predicted molar refractivity (Wildman–Crippen MR) is 189 cm³/mol. The summed E-state index contributed by atoms with van der Waals surface area (Å²) in [7, 11) is 0. The first-order valence-electron chi connectivity index (χ1n) is 15.8. The summed E-state index contributed by atoms with van der Waals surface area (Å²) in [4.78, 5) is 40.8. The number of pyridine rings is 1. The van der Waals surface area contributed by atoms with Gasteiger partial charge in [0.1, 0.15) is 17.7 Å². The maximum Gasteiger partial charge on any atom is 0.416 e. The largest absolute Gasteiger partial charge is 0.444 e. The highest BCUT2D eigenvalue weighted by atomic mass is 32.2. The van der Waals surface area contributed by atoms with Gasteiger partial charge < -0.3 is 15.4 Å². The van der Waals surface area contributed by atoms with Crippen molar-refractivity contribution < 1.29 is 27.5 Å². The Morgan fingerprint density at radius 2 is 1.62 bits per heavy atom. The van der Waals surface area contributed by atoms with Crippen LogP contribution in [0.25, 0.3) is 11.0 Å². The quantitative estimate of drug-likeness (QED) is 0.139. The number of aromatic nitrogens is 3. The zero-order chi connectivity index (χ0) is 36.2. The average Bonchev–Trinajstić information content (AvgIpc) is 3.05. The smallest absolute Gasteiger partial charge is 0.416 e. The molecular formula is C37H37F3N6O3S. The van der Waals surface area contributed by atoms with Gasteiger partial charge in [0.25, 0.3) is 5.91 Å². The van der Waals surface area contributed by atoms with E-state index in [2.05, 4.69) is 30.9 Å². The molecule has 0 bridgehead atoms. The first kappa shape index (κ1) is 36.1. The zero-order valence-electron chi connectivity index (χ0n) is 28.3. The lowest BCUT2D eigenvalue weighted by atomic mass is 10.0. The third-order valence-corrected chi connectivity index (χ3v) is 8.48. The molecule has 1 atom stereocenters. The number of carbonyl (C=O) groups is 2. The molecule has 0 saturated carbocycles. The Labute approximate surface area is 292 Å². The van der Waals surface area contributed by atoms with E-state index in [1.54, 1.807) is 64.1 Å². The number of carbonyl (C=O) groups excluding carboxylic acids is 2. The second kappa shape index (κ2) is 14.8. The minimum atomic E-state index is -4.50. The Balaban J connectivity index is 1.44. The first-order chi connectivity index (χ1) is 23.6. The Bertz CT molecular complexity index is 2010. The molecule has 0 fully saturated rings. The molecule has 0 radical (unpaired) electrons. The average molecular weight is 703 g/mol. The highest BCUT2D eigenvalue weighted by molar-refractivity contribution is 7.99. The minimum Gasteiger partial charge on any atom is -0.444 e. The second-order valence-electron chi connectivity index (χ2n) is 12.9. The van der Waals surface area contributed by atoms with Crippen LogP contribution in [0.3, 0.4) is 0 Å². The summed E-state index contributed by atoms with van der Waals surface area (Å²) in [5.41, 5.74) is 1.70. The maximum absolute atomic E-state index is 13.5. The van der Waals surface area contributed by atoms with Crippen LogP contribution in [0, 0.1) is 0 Å². The Morgan fingerprint density at radius 3 is 2.30 bits per heavy atom. The van der Waals surface area contributed by atoms with Crippen LogP contribution in [0.1, 0.15) is 80.7 Å². The van der Waals surface area contributed by atoms with Crippen LogP contribution in [-0.4, -0.2) is 32.6 Å². The van der Waals surface area contributed by atoms with Crippen molar-refractivity contribution in [3.63, 3.8) is 0 Å². The van der Waals surface area contributed by atoms with Crippen molar-refractivity contribution in [1.82, 2.24) is 20.3 Å². The fourth-order valence-electron chi connectivity index (χ4n) is 4.87. The van der Waals surface area contributed by atoms with Crippen LogP contribution in [0.5, 0.6) is 0 Å².